The van der Waals surface area contributed by atoms with E-state index < -0.39 is 0 Å². The summed E-state index contributed by atoms with van der Waals surface area (Å²) in [6, 6.07) is 18.5. The SMILES string of the molecule is CCN1CCC(CCNc2ncnc3oc(-c4ccc(OCCN(C)C)cc4)c(-c4ccccc4)c23)CC1. The van der Waals surface area contributed by atoms with E-state index in [1.54, 1.807) is 6.33 Å². The second-order valence-corrected chi connectivity index (χ2v) is 10.3. The lowest BCUT2D eigenvalue weighted by molar-refractivity contribution is 0.189. The second kappa shape index (κ2) is 12.4. The number of rotatable bonds is 11. The van der Waals surface area contributed by atoms with E-state index in [1.165, 1.54) is 25.9 Å². The van der Waals surface area contributed by atoms with Crippen molar-refractivity contribution in [3.63, 3.8) is 0 Å². The quantitative estimate of drug-likeness (QED) is 0.263. The lowest BCUT2D eigenvalue weighted by Gasteiger charge is -2.31. The summed E-state index contributed by atoms with van der Waals surface area (Å²) in [5.74, 6) is 3.23. The molecule has 0 atom stereocenters. The number of nitrogens with one attached hydrogen (secondary N) is 1. The number of likely N-dealkylation sites (N-methyl/N-ethyl adjacent to an activating group) is 1. The summed E-state index contributed by atoms with van der Waals surface area (Å²) < 4.78 is 12.3. The molecule has 1 aliphatic rings. The number of furan rings is 1. The highest BCUT2D eigenvalue weighted by Crippen LogP contribution is 2.42. The molecule has 1 fully saturated rings. The van der Waals surface area contributed by atoms with Crippen LogP contribution in [-0.2, 0) is 0 Å². The fraction of sp³-hybridized carbons (Fsp3) is 0.419. The Hall–Kier alpha value is -3.42. The zero-order valence-corrected chi connectivity index (χ0v) is 22.8. The number of likely N-dealkylation sites (tertiary alicyclic amines) is 1. The normalized spacial score (nSPS) is 14.8. The molecule has 7 heteroatoms. The smallest absolute Gasteiger partial charge is 0.232 e. The molecule has 2 aromatic heterocycles. The highest BCUT2D eigenvalue weighted by atomic mass is 16.5. The summed E-state index contributed by atoms with van der Waals surface area (Å²) in [5.41, 5.74) is 3.67. The van der Waals surface area contributed by atoms with Crippen LogP contribution in [0.5, 0.6) is 5.75 Å². The van der Waals surface area contributed by atoms with E-state index in [9.17, 15) is 0 Å². The van der Waals surface area contributed by atoms with Crippen LogP contribution < -0.4 is 10.1 Å². The number of aromatic nitrogens is 2. The van der Waals surface area contributed by atoms with Crippen LogP contribution in [0.3, 0.4) is 0 Å². The zero-order valence-electron chi connectivity index (χ0n) is 22.8. The van der Waals surface area contributed by atoms with Gasteiger partial charge in [-0.3, -0.25) is 0 Å². The van der Waals surface area contributed by atoms with Crippen LogP contribution in [-0.4, -0.2) is 73.2 Å². The van der Waals surface area contributed by atoms with Crippen molar-refractivity contribution in [2.45, 2.75) is 26.2 Å². The van der Waals surface area contributed by atoms with Gasteiger partial charge in [-0.05, 0) is 88.7 Å². The molecule has 1 aliphatic heterocycles. The van der Waals surface area contributed by atoms with Crippen LogP contribution in [0.1, 0.15) is 26.2 Å². The Bertz CT molecular complexity index is 1300. The van der Waals surface area contributed by atoms with Crippen LogP contribution >= 0.6 is 0 Å². The molecular weight excluding hydrogens is 474 g/mol. The van der Waals surface area contributed by atoms with Gasteiger partial charge >= 0.3 is 0 Å². The van der Waals surface area contributed by atoms with Gasteiger partial charge in [0, 0.05) is 24.2 Å². The predicted molar refractivity (Wildman–Crippen MR) is 155 cm³/mol. The average Bonchev–Trinajstić information content (AvgIpc) is 3.35. The first kappa shape index (κ1) is 26.2. The van der Waals surface area contributed by atoms with E-state index >= 15 is 0 Å². The van der Waals surface area contributed by atoms with Crippen molar-refractivity contribution in [2.24, 2.45) is 5.92 Å². The standard InChI is InChI=1S/C31H39N5O2/c1-4-36-18-15-23(16-19-36)14-17-32-30-28-27(24-8-6-5-7-9-24)29(38-31(28)34-22-33-30)25-10-12-26(13-11-25)37-21-20-35(2)3/h5-13,22-23H,4,14-21H2,1-3H3,(H,32,33,34). The lowest BCUT2D eigenvalue weighted by Crippen LogP contribution is -2.33. The Balaban J connectivity index is 1.41. The van der Waals surface area contributed by atoms with E-state index in [0.29, 0.717) is 12.3 Å². The maximum absolute atomic E-state index is 6.41. The van der Waals surface area contributed by atoms with Crippen molar-refractivity contribution >= 4 is 16.9 Å². The molecule has 0 radical (unpaired) electrons. The van der Waals surface area contributed by atoms with Crippen molar-refractivity contribution in [2.75, 3.05) is 58.7 Å². The number of nitrogens with zero attached hydrogens (tertiary/aromatic N) is 4. The Labute approximate surface area is 225 Å². The summed E-state index contributed by atoms with van der Waals surface area (Å²) >= 11 is 0. The van der Waals surface area contributed by atoms with Gasteiger partial charge in [-0.1, -0.05) is 37.3 Å². The first-order valence-electron chi connectivity index (χ1n) is 13.8. The molecule has 5 rings (SSSR count). The number of hydrogen-bond acceptors (Lipinski definition) is 7. The molecule has 0 spiro atoms. The first-order valence-corrected chi connectivity index (χ1v) is 13.8. The maximum atomic E-state index is 6.41. The largest absolute Gasteiger partial charge is 0.492 e. The fourth-order valence-corrected chi connectivity index (χ4v) is 5.19. The minimum Gasteiger partial charge on any atom is -0.492 e. The molecule has 1 saturated heterocycles. The van der Waals surface area contributed by atoms with Gasteiger partial charge in [-0.25, -0.2) is 9.97 Å². The minimum absolute atomic E-state index is 0.596. The van der Waals surface area contributed by atoms with Gasteiger partial charge in [-0.2, -0.15) is 0 Å². The maximum Gasteiger partial charge on any atom is 0.232 e. The highest BCUT2D eigenvalue weighted by molar-refractivity contribution is 6.05. The monoisotopic (exact) mass is 513 g/mol. The van der Waals surface area contributed by atoms with Crippen LogP contribution in [0.15, 0.2) is 65.3 Å². The summed E-state index contributed by atoms with van der Waals surface area (Å²) in [5, 5.41) is 4.56. The van der Waals surface area contributed by atoms with Crippen LogP contribution in [0, 0.1) is 5.92 Å². The van der Waals surface area contributed by atoms with Crippen LogP contribution in [0.25, 0.3) is 33.6 Å². The van der Waals surface area contributed by atoms with Gasteiger partial charge in [0.1, 0.15) is 30.3 Å². The molecule has 3 heterocycles. The summed E-state index contributed by atoms with van der Waals surface area (Å²) in [7, 11) is 4.09. The van der Waals surface area contributed by atoms with Gasteiger partial charge in [0.15, 0.2) is 0 Å². The molecule has 0 saturated carbocycles. The molecular formula is C31H39N5O2. The molecule has 7 nitrogen and oxygen atoms in total. The fourth-order valence-electron chi connectivity index (χ4n) is 5.19. The van der Waals surface area contributed by atoms with Crippen molar-refractivity contribution < 1.29 is 9.15 Å². The van der Waals surface area contributed by atoms with E-state index in [2.05, 4.69) is 68.4 Å². The summed E-state index contributed by atoms with van der Waals surface area (Å²) in [4.78, 5) is 13.8. The summed E-state index contributed by atoms with van der Waals surface area (Å²) in [6.45, 7) is 8.23. The number of benzene rings is 2. The molecule has 1 N–H and O–H groups in total. The third kappa shape index (κ3) is 6.17. The molecule has 38 heavy (non-hydrogen) atoms. The van der Waals surface area contributed by atoms with Crippen molar-refractivity contribution in [3.05, 3.63) is 60.9 Å². The van der Waals surface area contributed by atoms with Crippen molar-refractivity contribution in [3.8, 4) is 28.2 Å². The minimum atomic E-state index is 0.596. The third-order valence-corrected chi connectivity index (χ3v) is 7.47. The lowest BCUT2D eigenvalue weighted by atomic mass is 9.93. The van der Waals surface area contributed by atoms with Crippen molar-refractivity contribution in [1.82, 2.24) is 19.8 Å². The Kier molecular flexibility index (Phi) is 8.56. The van der Waals surface area contributed by atoms with Gasteiger partial charge in [0.05, 0.1) is 5.39 Å². The molecule has 0 unspecified atom stereocenters. The molecule has 200 valence electrons. The van der Waals surface area contributed by atoms with Crippen LogP contribution in [0.2, 0.25) is 0 Å². The van der Waals surface area contributed by atoms with E-state index in [4.69, 9.17) is 9.15 Å². The molecule has 2 aromatic carbocycles. The second-order valence-electron chi connectivity index (χ2n) is 10.3. The number of piperidine rings is 1. The van der Waals surface area contributed by atoms with Gasteiger partial charge in [-0.15, -0.1) is 0 Å². The highest BCUT2D eigenvalue weighted by Gasteiger charge is 2.23. The molecule has 0 amide bonds. The number of anilines is 1. The molecule has 0 aliphatic carbocycles. The Morgan fingerprint density at radius 3 is 2.47 bits per heavy atom. The van der Waals surface area contributed by atoms with Gasteiger partial charge < -0.3 is 24.3 Å². The van der Waals surface area contributed by atoms with E-state index in [-0.39, 0.29) is 0 Å². The number of hydrogen-bond donors (Lipinski definition) is 1. The van der Waals surface area contributed by atoms with E-state index in [1.807, 2.05) is 32.3 Å². The third-order valence-electron chi connectivity index (χ3n) is 7.47. The Morgan fingerprint density at radius 2 is 1.76 bits per heavy atom. The predicted octanol–water partition coefficient (Wildman–Crippen LogP) is 6.03. The zero-order chi connectivity index (χ0) is 26.3. The number of fused-ring (bicyclic) bond motifs is 1. The first-order chi connectivity index (χ1) is 18.6. The topological polar surface area (TPSA) is 66.7 Å². The van der Waals surface area contributed by atoms with Crippen LogP contribution in [0.4, 0.5) is 5.82 Å². The molecule has 0 bridgehead atoms. The van der Waals surface area contributed by atoms with E-state index in [0.717, 1.165) is 71.4 Å². The average molecular weight is 514 g/mol. The Morgan fingerprint density at radius 1 is 1.00 bits per heavy atom. The van der Waals surface area contributed by atoms with Crippen molar-refractivity contribution in [1.29, 1.82) is 0 Å². The molecule has 4 aromatic rings. The number of ether oxygens (including phenoxy) is 1. The van der Waals surface area contributed by atoms with Gasteiger partial charge in [0.2, 0.25) is 5.71 Å². The van der Waals surface area contributed by atoms with Gasteiger partial charge in [0.25, 0.3) is 0 Å². The summed E-state index contributed by atoms with van der Waals surface area (Å²) in [6.07, 6.45) is 5.28.